The van der Waals surface area contributed by atoms with Gasteiger partial charge in [-0.05, 0) is 18.4 Å². The van der Waals surface area contributed by atoms with Crippen molar-refractivity contribution in [2.75, 3.05) is 7.11 Å². The molecule has 0 amide bonds. The molecule has 3 nitrogen and oxygen atoms in total. The summed E-state index contributed by atoms with van der Waals surface area (Å²) in [6.07, 6.45) is 0.819. The van der Waals surface area contributed by atoms with Crippen molar-refractivity contribution in [2.45, 2.75) is 39.2 Å². The van der Waals surface area contributed by atoms with Crippen LogP contribution in [0.2, 0.25) is 0 Å². The first-order valence-electron chi connectivity index (χ1n) is 6.01. The zero-order valence-electron chi connectivity index (χ0n) is 10.8. The Morgan fingerprint density at radius 1 is 1.29 bits per heavy atom. The summed E-state index contributed by atoms with van der Waals surface area (Å²) in [4.78, 5) is 10.9. The van der Waals surface area contributed by atoms with E-state index in [2.05, 4.69) is 4.74 Å². The summed E-state index contributed by atoms with van der Waals surface area (Å²) in [6.45, 7) is 4.00. The van der Waals surface area contributed by atoms with Crippen LogP contribution in [-0.2, 0) is 16.0 Å². The molecule has 0 fully saturated rings. The number of esters is 1. The number of aliphatic hydroxyl groups is 1. The fraction of sp³-hybridized carbons (Fsp3) is 0.500. The van der Waals surface area contributed by atoms with E-state index in [1.165, 1.54) is 12.7 Å². The van der Waals surface area contributed by atoms with E-state index in [0.717, 1.165) is 6.42 Å². The Kier molecular flexibility index (Phi) is 9.06. The molecule has 1 rings (SSSR count). The van der Waals surface area contributed by atoms with E-state index < -0.39 is 6.10 Å². The third kappa shape index (κ3) is 7.53. The van der Waals surface area contributed by atoms with Gasteiger partial charge in [-0.15, -0.1) is 0 Å². The molecular formula is C14H22O3. The molecule has 0 aliphatic carbocycles. The fourth-order valence-corrected chi connectivity index (χ4v) is 1.36. The van der Waals surface area contributed by atoms with Crippen molar-refractivity contribution >= 4 is 5.97 Å². The zero-order valence-corrected chi connectivity index (χ0v) is 10.8. The van der Waals surface area contributed by atoms with E-state index in [1.54, 1.807) is 0 Å². The lowest BCUT2D eigenvalue weighted by Crippen LogP contribution is -2.15. The second-order valence-electron chi connectivity index (χ2n) is 3.46. The molecule has 0 saturated heterocycles. The second kappa shape index (κ2) is 9.85. The van der Waals surface area contributed by atoms with Crippen LogP contribution in [0.1, 0.15) is 32.3 Å². The van der Waals surface area contributed by atoms with Gasteiger partial charge in [0.15, 0.2) is 0 Å². The van der Waals surface area contributed by atoms with Crippen LogP contribution in [0.3, 0.4) is 0 Å². The average Bonchev–Trinajstić information content (AvgIpc) is 2.40. The monoisotopic (exact) mass is 238 g/mol. The van der Waals surface area contributed by atoms with Crippen LogP contribution in [0, 0.1) is 0 Å². The van der Waals surface area contributed by atoms with Gasteiger partial charge in [0.25, 0.3) is 0 Å². The number of methoxy groups -OCH3 is 1. The quantitative estimate of drug-likeness (QED) is 0.802. The number of benzene rings is 1. The minimum Gasteiger partial charge on any atom is -0.469 e. The Morgan fingerprint density at radius 2 is 1.88 bits per heavy atom. The predicted molar refractivity (Wildman–Crippen MR) is 68.8 cm³/mol. The summed E-state index contributed by atoms with van der Waals surface area (Å²) in [5.74, 6) is -0.365. The Bertz CT molecular complexity index is 296. The minimum absolute atomic E-state index is 0.0728. The van der Waals surface area contributed by atoms with Gasteiger partial charge >= 0.3 is 5.97 Å². The molecule has 1 aromatic rings. The zero-order chi connectivity index (χ0) is 13.1. The van der Waals surface area contributed by atoms with Crippen LogP contribution >= 0.6 is 0 Å². The SMILES string of the molecule is CC.COC(=O)CC(O)CCc1ccccc1. The normalized spacial score (nSPS) is 11.1. The van der Waals surface area contributed by atoms with Crippen molar-refractivity contribution in [1.82, 2.24) is 0 Å². The van der Waals surface area contributed by atoms with Gasteiger partial charge in [-0.25, -0.2) is 0 Å². The molecule has 0 heterocycles. The summed E-state index contributed by atoms with van der Waals surface area (Å²) >= 11 is 0. The van der Waals surface area contributed by atoms with Gasteiger partial charge in [-0.1, -0.05) is 44.2 Å². The fourth-order valence-electron chi connectivity index (χ4n) is 1.36. The number of carbonyl (C=O) groups excluding carboxylic acids is 1. The smallest absolute Gasteiger partial charge is 0.308 e. The molecule has 0 saturated carbocycles. The largest absolute Gasteiger partial charge is 0.469 e. The van der Waals surface area contributed by atoms with Crippen molar-refractivity contribution < 1.29 is 14.6 Å². The number of aryl methyl sites for hydroxylation is 1. The molecule has 17 heavy (non-hydrogen) atoms. The van der Waals surface area contributed by atoms with Gasteiger partial charge in [0.1, 0.15) is 0 Å². The van der Waals surface area contributed by atoms with Crippen molar-refractivity contribution in [3.63, 3.8) is 0 Å². The van der Waals surface area contributed by atoms with Crippen LogP contribution in [0.5, 0.6) is 0 Å². The maximum atomic E-state index is 10.9. The number of rotatable bonds is 5. The second-order valence-corrected chi connectivity index (χ2v) is 3.46. The van der Waals surface area contributed by atoms with Crippen LogP contribution in [-0.4, -0.2) is 24.3 Å². The predicted octanol–water partition coefficient (Wildman–Crippen LogP) is 2.57. The molecule has 0 aliphatic heterocycles. The highest BCUT2D eigenvalue weighted by Gasteiger charge is 2.10. The van der Waals surface area contributed by atoms with E-state index >= 15 is 0 Å². The van der Waals surface area contributed by atoms with E-state index in [1.807, 2.05) is 44.2 Å². The summed E-state index contributed by atoms with van der Waals surface area (Å²) in [6, 6.07) is 9.88. The number of ether oxygens (including phenoxy) is 1. The van der Waals surface area contributed by atoms with Gasteiger partial charge in [-0.3, -0.25) is 4.79 Å². The first-order valence-corrected chi connectivity index (χ1v) is 6.01. The molecule has 0 radical (unpaired) electrons. The lowest BCUT2D eigenvalue weighted by Gasteiger charge is -2.08. The molecule has 0 aliphatic rings. The molecule has 1 atom stereocenters. The number of hydrogen-bond donors (Lipinski definition) is 1. The molecule has 1 N–H and O–H groups in total. The highest BCUT2D eigenvalue weighted by molar-refractivity contribution is 5.69. The Balaban J connectivity index is 0.00000121. The summed E-state index contributed by atoms with van der Waals surface area (Å²) in [5, 5.41) is 9.51. The minimum atomic E-state index is -0.613. The van der Waals surface area contributed by atoms with Gasteiger partial charge in [0.05, 0.1) is 19.6 Å². The van der Waals surface area contributed by atoms with Gasteiger partial charge in [-0.2, -0.15) is 0 Å². The topological polar surface area (TPSA) is 46.5 Å². The maximum Gasteiger partial charge on any atom is 0.308 e. The lowest BCUT2D eigenvalue weighted by atomic mass is 10.1. The van der Waals surface area contributed by atoms with Crippen LogP contribution in [0.4, 0.5) is 0 Å². The Morgan fingerprint density at radius 3 is 2.41 bits per heavy atom. The first kappa shape index (κ1) is 15.7. The molecule has 0 spiro atoms. The van der Waals surface area contributed by atoms with Crippen LogP contribution in [0.15, 0.2) is 30.3 Å². The highest BCUT2D eigenvalue weighted by Crippen LogP contribution is 2.07. The number of hydrogen-bond acceptors (Lipinski definition) is 3. The van der Waals surface area contributed by atoms with Gasteiger partial charge in [0, 0.05) is 0 Å². The third-order valence-corrected chi connectivity index (χ3v) is 2.24. The molecule has 1 unspecified atom stereocenters. The van der Waals surface area contributed by atoms with E-state index in [0.29, 0.717) is 6.42 Å². The van der Waals surface area contributed by atoms with Crippen LogP contribution < -0.4 is 0 Å². The Hall–Kier alpha value is -1.35. The summed E-state index contributed by atoms with van der Waals surface area (Å²) in [5.41, 5.74) is 1.17. The molecule has 0 aromatic heterocycles. The molecule has 0 bridgehead atoms. The van der Waals surface area contributed by atoms with Gasteiger partial charge < -0.3 is 9.84 Å². The van der Waals surface area contributed by atoms with E-state index in [9.17, 15) is 9.90 Å². The lowest BCUT2D eigenvalue weighted by molar-refractivity contribution is -0.142. The maximum absolute atomic E-state index is 10.9. The molecule has 3 heteroatoms. The van der Waals surface area contributed by atoms with Crippen molar-refractivity contribution in [2.24, 2.45) is 0 Å². The highest BCUT2D eigenvalue weighted by atomic mass is 16.5. The molecule has 1 aromatic carbocycles. The van der Waals surface area contributed by atoms with Crippen LogP contribution in [0.25, 0.3) is 0 Å². The molecular weight excluding hydrogens is 216 g/mol. The first-order chi connectivity index (χ1) is 8.22. The number of carbonyl (C=O) groups is 1. The van der Waals surface area contributed by atoms with E-state index in [-0.39, 0.29) is 12.4 Å². The standard InChI is InChI=1S/C12H16O3.C2H6/c1-15-12(14)9-11(13)8-7-10-5-3-2-4-6-10;1-2/h2-6,11,13H,7-9H2,1H3;1-2H3. The van der Waals surface area contributed by atoms with Crippen molar-refractivity contribution in [3.8, 4) is 0 Å². The summed E-state index contributed by atoms with van der Waals surface area (Å²) < 4.78 is 4.47. The van der Waals surface area contributed by atoms with Crippen molar-refractivity contribution in [1.29, 1.82) is 0 Å². The van der Waals surface area contributed by atoms with Crippen molar-refractivity contribution in [3.05, 3.63) is 35.9 Å². The number of aliphatic hydroxyl groups excluding tert-OH is 1. The summed E-state index contributed by atoms with van der Waals surface area (Å²) in [7, 11) is 1.33. The molecule has 96 valence electrons. The van der Waals surface area contributed by atoms with E-state index in [4.69, 9.17) is 0 Å². The third-order valence-electron chi connectivity index (χ3n) is 2.24. The Labute approximate surface area is 103 Å². The van der Waals surface area contributed by atoms with Gasteiger partial charge in [0.2, 0.25) is 0 Å². The average molecular weight is 238 g/mol.